The number of aliphatic hydroxyl groups is 2. The van der Waals surface area contributed by atoms with E-state index >= 15 is 0 Å². The normalized spacial score (nSPS) is 13.0. The van der Waals surface area contributed by atoms with Gasteiger partial charge in [-0.1, -0.05) is 83.3 Å². The second-order valence-corrected chi connectivity index (χ2v) is 6.17. The maximum Gasteiger partial charge on any atom is 0.100 e. The molecule has 0 aromatic rings. The smallest absolute Gasteiger partial charge is 0.100 e. The van der Waals surface area contributed by atoms with Gasteiger partial charge in [0, 0.05) is 0 Å². The molecule has 0 radical (unpaired) electrons. The zero-order chi connectivity index (χ0) is 16.3. The molecule has 0 heterocycles. The number of allylic oxidation sites excluding steroid dienone is 1. The largest absolute Gasteiger partial charge is 0.394 e. The van der Waals surface area contributed by atoms with Gasteiger partial charge < -0.3 is 14.9 Å². The van der Waals surface area contributed by atoms with Gasteiger partial charge in [0.25, 0.3) is 0 Å². The quantitative estimate of drug-likeness (QED) is 0.304. The predicted molar refractivity (Wildman–Crippen MR) is 94.1 cm³/mol. The molecule has 3 heteroatoms. The van der Waals surface area contributed by atoms with Crippen molar-refractivity contribution in [2.24, 2.45) is 0 Å². The summed E-state index contributed by atoms with van der Waals surface area (Å²) >= 11 is 0. The summed E-state index contributed by atoms with van der Waals surface area (Å²) in [6, 6.07) is 0. The molecule has 0 spiro atoms. The summed E-state index contributed by atoms with van der Waals surface area (Å²) in [5.74, 6) is 0. The molecule has 0 saturated carbocycles. The Labute approximate surface area is 137 Å². The molecule has 2 N–H and O–H groups in total. The number of hydrogen-bond acceptors (Lipinski definition) is 3. The second kappa shape index (κ2) is 18.7. The van der Waals surface area contributed by atoms with Crippen LogP contribution >= 0.6 is 0 Å². The highest BCUT2D eigenvalue weighted by Crippen LogP contribution is 2.11. The van der Waals surface area contributed by atoms with Crippen LogP contribution in [0.25, 0.3) is 0 Å². The molecule has 1 unspecified atom stereocenters. The average Bonchev–Trinajstić information content (AvgIpc) is 2.54. The summed E-state index contributed by atoms with van der Waals surface area (Å²) in [5.41, 5.74) is 0. The van der Waals surface area contributed by atoms with E-state index in [0.717, 1.165) is 6.42 Å². The Morgan fingerprint density at radius 1 is 0.818 bits per heavy atom. The van der Waals surface area contributed by atoms with Crippen LogP contribution in [0.5, 0.6) is 0 Å². The van der Waals surface area contributed by atoms with Gasteiger partial charge in [-0.15, -0.1) is 0 Å². The van der Waals surface area contributed by atoms with Crippen LogP contribution in [0, 0.1) is 0 Å². The topological polar surface area (TPSA) is 49.7 Å². The third-order valence-corrected chi connectivity index (χ3v) is 3.88. The van der Waals surface area contributed by atoms with E-state index < -0.39 is 6.10 Å². The lowest BCUT2D eigenvalue weighted by Crippen LogP contribution is -2.19. The van der Waals surface area contributed by atoms with Gasteiger partial charge in [-0.05, 0) is 12.8 Å². The molecule has 1 atom stereocenters. The van der Waals surface area contributed by atoms with E-state index in [0.29, 0.717) is 6.61 Å². The minimum atomic E-state index is -0.750. The SMILES string of the molecule is CCCCCCCCCCCCCC=CCOCC(O)CO. The summed E-state index contributed by atoms with van der Waals surface area (Å²) in [7, 11) is 0. The summed E-state index contributed by atoms with van der Waals surface area (Å²) in [6.07, 6.45) is 19.7. The maximum absolute atomic E-state index is 9.07. The molecule has 0 aromatic carbocycles. The van der Waals surface area contributed by atoms with Crippen LogP contribution in [0.4, 0.5) is 0 Å². The highest BCUT2D eigenvalue weighted by molar-refractivity contribution is 4.81. The Morgan fingerprint density at radius 3 is 1.91 bits per heavy atom. The lowest BCUT2D eigenvalue weighted by molar-refractivity contribution is 0.0149. The lowest BCUT2D eigenvalue weighted by atomic mass is 10.1. The number of ether oxygens (including phenoxy) is 1. The van der Waals surface area contributed by atoms with E-state index in [4.69, 9.17) is 14.9 Å². The van der Waals surface area contributed by atoms with Crippen LogP contribution in [-0.4, -0.2) is 36.1 Å². The van der Waals surface area contributed by atoms with Crippen molar-refractivity contribution in [2.75, 3.05) is 19.8 Å². The minimum Gasteiger partial charge on any atom is -0.394 e. The van der Waals surface area contributed by atoms with Crippen molar-refractivity contribution in [3.05, 3.63) is 12.2 Å². The lowest BCUT2D eigenvalue weighted by Gasteiger charge is -2.05. The van der Waals surface area contributed by atoms with Crippen molar-refractivity contribution in [2.45, 2.75) is 90.1 Å². The summed E-state index contributed by atoms with van der Waals surface area (Å²) in [4.78, 5) is 0. The second-order valence-electron chi connectivity index (χ2n) is 6.17. The third-order valence-electron chi connectivity index (χ3n) is 3.88. The molecule has 0 aliphatic rings. The van der Waals surface area contributed by atoms with E-state index in [1.165, 1.54) is 70.6 Å². The standard InChI is InChI=1S/C19H38O3/c1-2-3-4-5-6-7-8-9-10-11-12-13-14-15-16-22-18-19(21)17-20/h14-15,19-21H,2-13,16-18H2,1H3. The molecule has 0 saturated heterocycles. The molecule has 132 valence electrons. The van der Waals surface area contributed by atoms with Crippen molar-refractivity contribution in [3.63, 3.8) is 0 Å². The van der Waals surface area contributed by atoms with Crippen LogP contribution in [0.2, 0.25) is 0 Å². The number of hydrogen-bond donors (Lipinski definition) is 2. The first-order valence-electron chi connectivity index (χ1n) is 9.33. The molecule has 0 bridgehead atoms. The molecule has 0 rings (SSSR count). The van der Waals surface area contributed by atoms with Gasteiger partial charge in [-0.2, -0.15) is 0 Å². The predicted octanol–water partition coefficient (Wildman–Crippen LogP) is 4.61. The molecule has 0 aliphatic heterocycles. The van der Waals surface area contributed by atoms with E-state index in [2.05, 4.69) is 13.0 Å². The van der Waals surface area contributed by atoms with E-state index in [9.17, 15) is 0 Å². The minimum absolute atomic E-state index is 0.208. The van der Waals surface area contributed by atoms with Gasteiger partial charge in [0.2, 0.25) is 0 Å². The molecule has 0 aliphatic carbocycles. The maximum atomic E-state index is 9.07. The van der Waals surface area contributed by atoms with E-state index in [1.54, 1.807) is 0 Å². The van der Waals surface area contributed by atoms with Crippen LogP contribution in [0.3, 0.4) is 0 Å². The molecular weight excluding hydrogens is 276 g/mol. The van der Waals surface area contributed by atoms with Crippen LogP contribution in [0.15, 0.2) is 12.2 Å². The first-order valence-corrected chi connectivity index (χ1v) is 9.33. The molecule has 3 nitrogen and oxygen atoms in total. The van der Waals surface area contributed by atoms with Crippen LogP contribution < -0.4 is 0 Å². The molecule has 0 amide bonds. The summed E-state index contributed by atoms with van der Waals surface area (Å²) < 4.78 is 5.20. The van der Waals surface area contributed by atoms with Gasteiger partial charge >= 0.3 is 0 Å². The van der Waals surface area contributed by atoms with Gasteiger partial charge in [-0.3, -0.25) is 0 Å². The van der Waals surface area contributed by atoms with Gasteiger partial charge in [-0.25, -0.2) is 0 Å². The molecule has 0 fully saturated rings. The summed E-state index contributed by atoms with van der Waals surface area (Å²) in [6.45, 7) is 2.76. The highest BCUT2D eigenvalue weighted by Gasteiger charge is 1.99. The van der Waals surface area contributed by atoms with Crippen molar-refractivity contribution >= 4 is 0 Å². The average molecular weight is 315 g/mol. The van der Waals surface area contributed by atoms with Crippen molar-refractivity contribution < 1.29 is 14.9 Å². The third kappa shape index (κ3) is 17.7. The Balaban J connectivity index is 3.07. The number of unbranched alkanes of at least 4 members (excludes halogenated alkanes) is 11. The summed E-state index contributed by atoms with van der Waals surface area (Å²) in [5, 5.41) is 17.7. The number of rotatable bonds is 17. The molecule has 22 heavy (non-hydrogen) atoms. The van der Waals surface area contributed by atoms with Gasteiger partial charge in [0.1, 0.15) is 6.10 Å². The molecule has 0 aromatic heterocycles. The van der Waals surface area contributed by atoms with Crippen LogP contribution in [0.1, 0.15) is 84.0 Å². The Bertz CT molecular complexity index is 229. The number of aliphatic hydroxyl groups excluding tert-OH is 2. The fraction of sp³-hybridized carbons (Fsp3) is 0.895. The highest BCUT2D eigenvalue weighted by atomic mass is 16.5. The van der Waals surface area contributed by atoms with Gasteiger partial charge in [0.05, 0.1) is 19.8 Å². The van der Waals surface area contributed by atoms with E-state index in [-0.39, 0.29) is 13.2 Å². The fourth-order valence-corrected chi connectivity index (χ4v) is 2.44. The zero-order valence-electron chi connectivity index (χ0n) is 14.6. The Hall–Kier alpha value is -0.380. The first-order chi connectivity index (χ1) is 10.8. The van der Waals surface area contributed by atoms with Crippen molar-refractivity contribution in [1.82, 2.24) is 0 Å². The monoisotopic (exact) mass is 314 g/mol. The van der Waals surface area contributed by atoms with E-state index in [1.807, 2.05) is 6.08 Å². The first kappa shape index (κ1) is 21.6. The van der Waals surface area contributed by atoms with Crippen molar-refractivity contribution in [3.8, 4) is 0 Å². The fourth-order valence-electron chi connectivity index (χ4n) is 2.44. The van der Waals surface area contributed by atoms with Gasteiger partial charge in [0.15, 0.2) is 0 Å². The van der Waals surface area contributed by atoms with Crippen molar-refractivity contribution in [1.29, 1.82) is 0 Å². The zero-order valence-corrected chi connectivity index (χ0v) is 14.6. The Kier molecular flexibility index (Phi) is 18.3. The van der Waals surface area contributed by atoms with Crippen LogP contribution in [-0.2, 0) is 4.74 Å². The Morgan fingerprint density at radius 2 is 1.36 bits per heavy atom. The molecular formula is C19H38O3.